The molecule has 1 saturated carbocycles. The molecule has 1 aliphatic rings. The van der Waals surface area contributed by atoms with E-state index < -0.39 is 5.82 Å². The van der Waals surface area contributed by atoms with Gasteiger partial charge < -0.3 is 5.32 Å². The molecule has 1 aromatic heterocycles. The van der Waals surface area contributed by atoms with E-state index in [2.05, 4.69) is 10.3 Å². The van der Waals surface area contributed by atoms with E-state index in [1.807, 2.05) is 17.7 Å². The molecule has 0 amide bonds. The number of benzene rings is 1. The predicted molar refractivity (Wildman–Crippen MR) is 69.9 cm³/mol. The van der Waals surface area contributed by atoms with Crippen molar-refractivity contribution in [3.63, 3.8) is 0 Å². The number of imidazole rings is 1. The number of nitrogens with one attached hydrogen (secondary N) is 1. The SMILES string of the molecule is Cc1cn(-c2ccc(Cl)c(F)c2)c(NC2CC2)n1. The lowest BCUT2D eigenvalue weighted by Crippen LogP contribution is -2.07. The van der Waals surface area contributed by atoms with Crippen LogP contribution >= 0.6 is 11.6 Å². The van der Waals surface area contributed by atoms with Crippen molar-refractivity contribution in [1.82, 2.24) is 9.55 Å². The van der Waals surface area contributed by atoms with Crippen LogP contribution in [-0.2, 0) is 0 Å². The van der Waals surface area contributed by atoms with Gasteiger partial charge >= 0.3 is 0 Å². The van der Waals surface area contributed by atoms with Crippen LogP contribution in [0.5, 0.6) is 0 Å². The molecule has 0 spiro atoms. The molecule has 0 aliphatic heterocycles. The summed E-state index contributed by atoms with van der Waals surface area (Å²) in [6, 6.07) is 5.26. The Bertz CT molecular complexity index is 590. The van der Waals surface area contributed by atoms with Gasteiger partial charge in [-0.15, -0.1) is 0 Å². The van der Waals surface area contributed by atoms with Gasteiger partial charge in [-0.1, -0.05) is 11.6 Å². The smallest absolute Gasteiger partial charge is 0.207 e. The number of halogens is 2. The average Bonchev–Trinajstić information content (AvgIpc) is 3.06. The summed E-state index contributed by atoms with van der Waals surface area (Å²) in [5.74, 6) is 0.342. The van der Waals surface area contributed by atoms with Crippen LogP contribution in [0, 0.1) is 12.7 Å². The fourth-order valence-electron chi connectivity index (χ4n) is 1.84. The second-order valence-corrected chi connectivity index (χ2v) is 5.00. The van der Waals surface area contributed by atoms with Crippen molar-refractivity contribution in [3.05, 3.63) is 40.9 Å². The molecular formula is C13H13ClFN3. The molecule has 0 bridgehead atoms. The predicted octanol–water partition coefficient (Wildman–Crippen LogP) is 3.55. The minimum atomic E-state index is -0.419. The first-order valence-electron chi connectivity index (χ1n) is 5.91. The van der Waals surface area contributed by atoms with Crippen LogP contribution in [0.15, 0.2) is 24.4 Å². The van der Waals surface area contributed by atoms with Crippen molar-refractivity contribution in [1.29, 1.82) is 0 Å². The fourth-order valence-corrected chi connectivity index (χ4v) is 1.96. The number of nitrogens with zero attached hydrogens (tertiary/aromatic N) is 2. The van der Waals surface area contributed by atoms with Crippen molar-refractivity contribution < 1.29 is 4.39 Å². The molecule has 3 rings (SSSR count). The molecule has 1 aliphatic carbocycles. The van der Waals surface area contributed by atoms with E-state index in [-0.39, 0.29) is 5.02 Å². The Kier molecular flexibility index (Phi) is 2.74. The van der Waals surface area contributed by atoms with E-state index in [4.69, 9.17) is 11.6 Å². The van der Waals surface area contributed by atoms with E-state index in [1.54, 1.807) is 12.1 Å². The Morgan fingerprint density at radius 2 is 2.22 bits per heavy atom. The summed E-state index contributed by atoms with van der Waals surface area (Å²) in [5.41, 5.74) is 1.62. The zero-order valence-corrected chi connectivity index (χ0v) is 10.7. The quantitative estimate of drug-likeness (QED) is 0.920. The number of aryl methyl sites for hydroxylation is 1. The summed E-state index contributed by atoms with van der Waals surface area (Å²) in [6.07, 6.45) is 4.22. The molecule has 0 radical (unpaired) electrons. The average molecular weight is 266 g/mol. The molecular weight excluding hydrogens is 253 g/mol. The fraction of sp³-hybridized carbons (Fsp3) is 0.308. The number of hydrogen-bond acceptors (Lipinski definition) is 2. The van der Waals surface area contributed by atoms with Crippen molar-refractivity contribution >= 4 is 17.5 Å². The molecule has 94 valence electrons. The second-order valence-electron chi connectivity index (χ2n) is 4.59. The van der Waals surface area contributed by atoms with E-state index in [9.17, 15) is 4.39 Å². The first kappa shape index (κ1) is 11.5. The molecule has 0 unspecified atom stereocenters. The standard InChI is InChI=1S/C13H13ClFN3/c1-8-7-18(13(16-8)17-9-2-3-9)10-4-5-11(14)12(15)6-10/h4-7,9H,2-3H2,1H3,(H,16,17). The molecule has 5 heteroatoms. The van der Waals surface area contributed by atoms with Crippen molar-refractivity contribution in [2.45, 2.75) is 25.8 Å². The maximum absolute atomic E-state index is 13.5. The van der Waals surface area contributed by atoms with Gasteiger partial charge in [0.05, 0.1) is 16.4 Å². The monoisotopic (exact) mass is 265 g/mol. The van der Waals surface area contributed by atoms with Crippen LogP contribution in [0.3, 0.4) is 0 Å². The van der Waals surface area contributed by atoms with Crippen LogP contribution in [0.25, 0.3) is 5.69 Å². The number of aromatic nitrogens is 2. The van der Waals surface area contributed by atoms with E-state index >= 15 is 0 Å². The Morgan fingerprint density at radius 1 is 1.44 bits per heavy atom. The van der Waals surface area contributed by atoms with Gasteiger partial charge in [-0.2, -0.15) is 0 Å². The highest BCUT2D eigenvalue weighted by atomic mass is 35.5. The number of hydrogen-bond donors (Lipinski definition) is 1. The molecule has 1 heterocycles. The zero-order chi connectivity index (χ0) is 12.7. The Morgan fingerprint density at radius 3 is 2.89 bits per heavy atom. The van der Waals surface area contributed by atoms with Gasteiger partial charge in [0.25, 0.3) is 0 Å². The van der Waals surface area contributed by atoms with Crippen molar-refractivity contribution in [3.8, 4) is 5.69 Å². The van der Waals surface area contributed by atoms with E-state index in [1.165, 1.54) is 18.9 Å². The van der Waals surface area contributed by atoms with Gasteiger partial charge in [0.2, 0.25) is 5.95 Å². The molecule has 3 nitrogen and oxygen atoms in total. The molecule has 2 aromatic rings. The first-order chi connectivity index (χ1) is 8.63. The summed E-state index contributed by atoms with van der Waals surface area (Å²) in [4.78, 5) is 4.42. The lowest BCUT2D eigenvalue weighted by atomic mass is 10.3. The van der Waals surface area contributed by atoms with Gasteiger partial charge in [0, 0.05) is 12.2 Å². The summed E-state index contributed by atoms with van der Waals surface area (Å²) in [7, 11) is 0. The van der Waals surface area contributed by atoms with Crippen LogP contribution in [0.4, 0.5) is 10.3 Å². The summed E-state index contributed by atoms with van der Waals surface area (Å²) < 4.78 is 15.3. The van der Waals surface area contributed by atoms with Gasteiger partial charge in [-0.25, -0.2) is 9.37 Å². The highest BCUT2D eigenvalue weighted by Crippen LogP contribution is 2.27. The molecule has 1 aromatic carbocycles. The Balaban J connectivity index is 2.00. The molecule has 1 fully saturated rings. The van der Waals surface area contributed by atoms with Crippen LogP contribution in [0.1, 0.15) is 18.5 Å². The maximum atomic E-state index is 13.5. The summed E-state index contributed by atoms with van der Waals surface area (Å²) >= 11 is 5.69. The highest BCUT2D eigenvalue weighted by molar-refractivity contribution is 6.30. The topological polar surface area (TPSA) is 29.9 Å². The molecule has 18 heavy (non-hydrogen) atoms. The maximum Gasteiger partial charge on any atom is 0.207 e. The third-order valence-electron chi connectivity index (χ3n) is 2.92. The second kappa shape index (κ2) is 4.28. The van der Waals surface area contributed by atoms with Gasteiger partial charge in [-0.05, 0) is 38.0 Å². The van der Waals surface area contributed by atoms with Crippen molar-refractivity contribution in [2.75, 3.05) is 5.32 Å². The van der Waals surface area contributed by atoms with Gasteiger partial charge in [-0.3, -0.25) is 4.57 Å². The van der Waals surface area contributed by atoms with E-state index in [0.717, 1.165) is 17.3 Å². The van der Waals surface area contributed by atoms with Crippen LogP contribution in [0.2, 0.25) is 5.02 Å². The van der Waals surface area contributed by atoms with Gasteiger partial charge in [0.1, 0.15) is 5.82 Å². The van der Waals surface area contributed by atoms with Crippen LogP contribution < -0.4 is 5.32 Å². The largest absolute Gasteiger partial charge is 0.353 e. The normalized spacial score (nSPS) is 14.8. The highest BCUT2D eigenvalue weighted by Gasteiger charge is 2.23. The van der Waals surface area contributed by atoms with Crippen LogP contribution in [-0.4, -0.2) is 15.6 Å². The first-order valence-corrected chi connectivity index (χ1v) is 6.29. The summed E-state index contributed by atoms with van der Waals surface area (Å²) in [6.45, 7) is 1.92. The van der Waals surface area contributed by atoms with Gasteiger partial charge in [0.15, 0.2) is 0 Å². The Hall–Kier alpha value is -1.55. The Labute approximate surface area is 110 Å². The molecule has 1 N–H and O–H groups in total. The zero-order valence-electron chi connectivity index (χ0n) is 9.95. The van der Waals surface area contributed by atoms with E-state index in [0.29, 0.717) is 6.04 Å². The summed E-state index contributed by atoms with van der Waals surface area (Å²) in [5, 5.41) is 3.47. The third kappa shape index (κ3) is 2.20. The lowest BCUT2D eigenvalue weighted by Gasteiger charge is -2.09. The lowest BCUT2D eigenvalue weighted by molar-refractivity contribution is 0.627. The number of rotatable bonds is 3. The third-order valence-corrected chi connectivity index (χ3v) is 3.22. The number of anilines is 1. The molecule has 0 atom stereocenters. The van der Waals surface area contributed by atoms with Crippen molar-refractivity contribution in [2.24, 2.45) is 0 Å². The minimum absolute atomic E-state index is 0.132. The molecule has 0 saturated heterocycles. The minimum Gasteiger partial charge on any atom is -0.353 e.